The minimum absolute atomic E-state index is 0. The molecular weight excluding hydrogens is 317 g/mol. The van der Waals surface area contributed by atoms with Crippen LogP contribution in [0.15, 0.2) is 16.6 Å². The zero-order valence-electron chi connectivity index (χ0n) is 8.17. The predicted octanol–water partition coefficient (Wildman–Crippen LogP) is 2.62. The van der Waals surface area contributed by atoms with E-state index in [0.717, 1.165) is 15.6 Å². The second kappa shape index (κ2) is 5.36. The van der Waals surface area contributed by atoms with Gasteiger partial charge in [-0.05, 0) is 23.3 Å². The second-order valence-corrected chi connectivity index (χ2v) is 4.72. The summed E-state index contributed by atoms with van der Waals surface area (Å²) in [5, 5.41) is 12.5. The summed E-state index contributed by atoms with van der Waals surface area (Å²) in [5.74, 6) is -0.836. The Morgan fingerprint density at radius 3 is 2.81 bits per heavy atom. The Morgan fingerprint density at radius 2 is 2.19 bits per heavy atom. The molecule has 0 spiro atoms. The van der Waals surface area contributed by atoms with Gasteiger partial charge in [0.05, 0.1) is 0 Å². The molecule has 0 aromatic heterocycles. The molecule has 1 unspecified atom stereocenters. The van der Waals surface area contributed by atoms with E-state index in [2.05, 4.69) is 21.2 Å². The van der Waals surface area contributed by atoms with Crippen molar-refractivity contribution in [3.05, 3.63) is 32.8 Å². The van der Waals surface area contributed by atoms with E-state index in [9.17, 15) is 4.79 Å². The third kappa shape index (κ3) is 2.51. The van der Waals surface area contributed by atoms with Gasteiger partial charge in [-0.15, -0.1) is 12.4 Å². The van der Waals surface area contributed by atoms with E-state index in [1.54, 1.807) is 6.07 Å². The number of aliphatic carboxylic acids is 1. The summed E-state index contributed by atoms with van der Waals surface area (Å²) >= 11 is 9.47. The highest BCUT2D eigenvalue weighted by Gasteiger charge is 2.26. The average molecular weight is 327 g/mol. The van der Waals surface area contributed by atoms with Crippen molar-refractivity contribution in [1.29, 1.82) is 0 Å². The van der Waals surface area contributed by atoms with Crippen LogP contribution in [0.5, 0.6) is 0 Å². The molecule has 1 heterocycles. The van der Waals surface area contributed by atoms with Gasteiger partial charge in [0.2, 0.25) is 0 Å². The van der Waals surface area contributed by atoms with E-state index in [-0.39, 0.29) is 12.4 Å². The maximum Gasteiger partial charge on any atom is 0.321 e. The molecule has 0 aliphatic carbocycles. The van der Waals surface area contributed by atoms with Crippen LogP contribution in [-0.4, -0.2) is 17.1 Å². The van der Waals surface area contributed by atoms with Gasteiger partial charge in [-0.2, -0.15) is 0 Å². The summed E-state index contributed by atoms with van der Waals surface area (Å²) in [7, 11) is 0. The molecule has 1 aromatic rings. The highest BCUT2D eigenvalue weighted by Crippen LogP contribution is 2.30. The number of carboxylic acid groups (broad SMARTS) is 1. The Kier molecular flexibility index (Phi) is 4.62. The standard InChI is InChI=1S/C10H9BrClNO2.ClH/c11-7-1-2-8(12)5-3-9(10(14)15)13-4-6(5)7;/h1-2,9,13H,3-4H2,(H,14,15);1H. The first kappa shape index (κ1) is 13.8. The van der Waals surface area contributed by atoms with Crippen LogP contribution in [0.1, 0.15) is 11.1 Å². The lowest BCUT2D eigenvalue weighted by molar-refractivity contribution is -0.139. The van der Waals surface area contributed by atoms with Crippen LogP contribution in [-0.2, 0) is 17.8 Å². The molecular formula is C10H10BrCl2NO2. The number of nitrogens with one attached hydrogen (secondary N) is 1. The zero-order chi connectivity index (χ0) is 11.0. The highest BCUT2D eigenvalue weighted by atomic mass is 79.9. The largest absolute Gasteiger partial charge is 0.480 e. The van der Waals surface area contributed by atoms with Crippen molar-refractivity contribution in [2.75, 3.05) is 0 Å². The lowest BCUT2D eigenvalue weighted by atomic mass is 9.96. The highest BCUT2D eigenvalue weighted by molar-refractivity contribution is 9.10. The van der Waals surface area contributed by atoms with Gasteiger partial charge in [0.1, 0.15) is 6.04 Å². The van der Waals surface area contributed by atoms with E-state index in [1.807, 2.05) is 6.07 Å². The van der Waals surface area contributed by atoms with Crippen LogP contribution < -0.4 is 5.32 Å². The van der Waals surface area contributed by atoms with Gasteiger partial charge in [-0.3, -0.25) is 10.1 Å². The topological polar surface area (TPSA) is 49.3 Å². The van der Waals surface area contributed by atoms with Crippen molar-refractivity contribution in [2.45, 2.75) is 19.0 Å². The molecule has 16 heavy (non-hydrogen) atoms. The fourth-order valence-corrected chi connectivity index (χ4v) is 2.49. The molecule has 0 amide bonds. The van der Waals surface area contributed by atoms with E-state index >= 15 is 0 Å². The van der Waals surface area contributed by atoms with Crippen molar-refractivity contribution in [3.63, 3.8) is 0 Å². The van der Waals surface area contributed by atoms with Gasteiger partial charge in [-0.1, -0.05) is 27.5 Å². The molecule has 0 radical (unpaired) electrons. The number of halogens is 3. The molecule has 0 saturated heterocycles. The van der Waals surface area contributed by atoms with Crippen molar-refractivity contribution in [3.8, 4) is 0 Å². The van der Waals surface area contributed by atoms with E-state index < -0.39 is 12.0 Å². The Balaban J connectivity index is 0.00000128. The Bertz CT molecular complexity index is 426. The molecule has 6 heteroatoms. The van der Waals surface area contributed by atoms with Gasteiger partial charge < -0.3 is 5.11 Å². The molecule has 1 atom stereocenters. The quantitative estimate of drug-likeness (QED) is 0.834. The molecule has 0 bridgehead atoms. The van der Waals surface area contributed by atoms with Crippen LogP contribution in [0.25, 0.3) is 0 Å². The number of carbonyl (C=O) groups is 1. The zero-order valence-corrected chi connectivity index (χ0v) is 11.3. The summed E-state index contributed by atoms with van der Waals surface area (Å²) in [6.45, 7) is 0.535. The lowest BCUT2D eigenvalue weighted by Crippen LogP contribution is -2.41. The summed E-state index contributed by atoms with van der Waals surface area (Å²) in [6.07, 6.45) is 0.433. The Morgan fingerprint density at radius 1 is 1.50 bits per heavy atom. The maximum atomic E-state index is 10.8. The molecule has 0 fully saturated rings. The Hall–Kier alpha value is -0.290. The normalized spacial score (nSPS) is 18.5. The van der Waals surface area contributed by atoms with Crippen molar-refractivity contribution in [2.24, 2.45) is 0 Å². The molecule has 2 N–H and O–H groups in total. The molecule has 1 aliphatic heterocycles. The minimum atomic E-state index is -0.836. The minimum Gasteiger partial charge on any atom is -0.480 e. The van der Waals surface area contributed by atoms with Crippen LogP contribution in [0.4, 0.5) is 0 Å². The van der Waals surface area contributed by atoms with E-state index in [0.29, 0.717) is 18.0 Å². The van der Waals surface area contributed by atoms with Gasteiger partial charge in [0.15, 0.2) is 0 Å². The number of benzene rings is 1. The number of fused-ring (bicyclic) bond motifs is 1. The van der Waals surface area contributed by atoms with Crippen LogP contribution in [0, 0.1) is 0 Å². The van der Waals surface area contributed by atoms with Gasteiger partial charge in [0.25, 0.3) is 0 Å². The summed E-state index contributed by atoms with van der Waals surface area (Å²) in [4.78, 5) is 10.8. The molecule has 3 nitrogen and oxygen atoms in total. The fourth-order valence-electron chi connectivity index (χ4n) is 1.72. The average Bonchev–Trinajstić information content (AvgIpc) is 2.23. The van der Waals surface area contributed by atoms with Crippen LogP contribution in [0.3, 0.4) is 0 Å². The van der Waals surface area contributed by atoms with Gasteiger partial charge in [-0.25, -0.2) is 0 Å². The predicted molar refractivity (Wildman–Crippen MR) is 68.4 cm³/mol. The number of carboxylic acids is 1. The smallest absolute Gasteiger partial charge is 0.321 e. The van der Waals surface area contributed by atoms with Gasteiger partial charge >= 0.3 is 5.97 Å². The first-order valence-electron chi connectivity index (χ1n) is 4.51. The summed E-state index contributed by atoms with van der Waals surface area (Å²) in [6, 6.07) is 3.13. The van der Waals surface area contributed by atoms with E-state index in [1.165, 1.54) is 0 Å². The molecule has 1 aliphatic rings. The van der Waals surface area contributed by atoms with Crippen molar-refractivity contribution >= 4 is 45.9 Å². The van der Waals surface area contributed by atoms with Gasteiger partial charge in [0, 0.05) is 22.5 Å². The van der Waals surface area contributed by atoms with Crippen molar-refractivity contribution in [1.82, 2.24) is 5.32 Å². The first-order valence-corrected chi connectivity index (χ1v) is 5.68. The monoisotopic (exact) mass is 325 g/mol. The number of hydrogen-bond acceptors (Lipinski definition) is 2. The molecule has 1 aromatic carbocycles. The maximum absolute atomic E-state index is 10.8. The van der Waals surface area contributed by atoms with Crippen molar-refractivity contribution < 1.29 is 9.90 Å². The first-order chi connectivity index (χ1) is 7.09. The summed E-state index contributed by atoms with van der Waals surface area (Å²) in [5.41, 5.74) is 1.98. The van der Waals surface area contributed by atoms with Crippen LogP contribution >= 0.6 is 39.9 Å². The molecule has 2 rings (SSSR count). The fraction of sp³-hybridized carbons (Fsp3) is 0.300. The third-order valence-corrected chi connectivity index (χ3v) is 3.65. The Labute approximate surface area is 113 Å². The second-order valence-electron chi connectivity index (χ2n) is 3.46. The lowest BCUT2D eigenvalue weighted by Gasteiger charge is -2.24. The third-order valence-electron chi connectivity index (χ3n) is 2.55. The molecule has 88 valence electrons. The van der Waals surface area contributed by atoms with Crippen LogP contribution in [0.2, 0.25) is 5.02 Å². The number of hydrogen-bond donors (Lipinski definition) is 2. The SMILES string of the molecule is Cl.O=C(O)C1Cc2c(Cl)ccc(Br)c2CN1. The summed E-state index contributed by atoms with van der Waals surface area (Å²) < 4.78 is 0.971. The molecule has 0 saturated carbocycles. The number of rotatable bonds is 1. The van der Waals surface area contributed by atoms with E-state index in [4.69, 9.17) is 16.7 Å².